The molecule has 0 bridgehead atoms. The van der Waals surface area contributed by atoms with Crippen molar-refractivity contribution in [1.29, 1.82) is 0 Å². The molecule has 1 aromatic heterocycles. The van der Waals surface area contributed by atoms with Gasteiger partial charge in [0.1, 0.15) is 6.04 Å². The number of aryl methyl sites for hydroxylation is 1. The summed E-state index contributed by atoms with van der Waals surface area (Å²) in [5, 5.41) is 19.2. The fourth-order valence-electron chi connectivity index (χ4n) is 4.51. The molecule has 178 valence electrons. The summed E-state index contributed by atoms with van der Waals surface area (Å²) in [6.45, 7) is 2.53. The number of sulfonamides is 1. The first kappa shape index (κ1) is 23.4. The largest absolute Gasteiger partial charge is 0.394 e. The van der Waals surface area contributed by atoms with Crippen molar-refractivity contribution in [2.45, 2.75) is 56.1 Å². The summed E-state index contributed by atoms with van der Waals surface area (Å²) in [7, 11) is -3.94. The van der Waals surface area contributed by atoms with Crippen LogP contribution in [0.15, 0.2) is 35.4 Å². The molecule has 33 heavy (non-hydrogen) atoms. The first-order valence-corrected chi connectivity index (χ1v) is 12.6. The molecule has 1 aliphatic carbocycles. The third-order valence-electron chi connectivity index (χ3n) is 6.20. The van der Waals surface area contributed by atoms with Gasteiger partial charge in [0, 0.05) is 24.3 Å². The normalized spacial score (nSPS) is 21.3. The quantitative estimate of drug-likeness (QED) is 0.526. The second-order valence-corrected chi connectivity index (χ2v) is 10.3. The third kappa shape index (κ3) is 4.80. The lowest BCUT2D eigenvalue weighted by molar-refractivity contribution is -0.132. The molecule has 2 amide bonds. The highest BCUT2D eigenvalue weighted by Crippen LogP contribution is 2.30. The van der Waals surface area contributed by atoms with Gasteiger partial charge < -0.3 is 15.7 Å². The van der Waals surface area contributed by atoms with E-state index in [0.29, 0.717) is 6.54 Å². The van der Waals surface area contributed by atoms with E-state index in [1.165, 1.54) is 12.1 Å². The van der Waals surface area contributed by atoms with Gasteiger partial charge in [-0.15, -0.1) is 0 Å². The van der Waals surface area contributed by atoms with Gasteiger partial charge in [0.15, 0.2) is 0 Å². The number of amides is 2. The van der Waals surface area contributed by atoms with E-state index in [1.807, 2.05) is 6.92 Å². The molecule has 1 fully saturated rings. The molecule has 4 rings (SSSR count). The maximum Gasteiger partial charge on any atom is 0.243 e. The fourth-order valence-corrected chi connectivity index (χ4v) is 6.09. The Labute approximate surface area is 193 Å². The standard InChI is InChI=1S/C22H29N5O5S/c1-15-5-7-16(8-6-15)33(31,32)27-10-9-23-22(30)20(27)13-21(29)25-18-3-2-4-19-17(18)14-24-26(19)11-12-28/h5-8,14,18,20,28H,2-4,9-13H2,1H3,(H,23,30)(H,25,29). The molecule has 2 unspecified atom stereocenters. The molecule has 11 heteroatoms. The predicted octanol–water partition coefficient (Wildman–Crippen LogP) is 0.257. The van der Waals surface area contributed by atoms with E-state index in [4.69, 9.17) is 0 Å². The Morgan fingerprint density at radius 1 is 1.30 bits per heavy atom. The van der Waals surface area contributed by atoms with Crippen molar-refractivity contribution in [3.63, 3.8) is 0 Å². The molecule has 2 aromatic rings. The number of nitrogens with zero attached hydrogens (tertiary/aromatic N) is 3. The first-order chi connectivity index (χ1) is 15.8. The average molecular weight is 476 g/mol. The van der Waals surface area contributed by atoms with Crippen LogP contribution in [0, 0.1) is 6.92 Å². The first-order valence-electron chi connectivity index (χ1n) is 11.1. The second kappa shape index (κ2) is 9.62. The number of hydrogen-bond acceptors (Lipinski definition) is 6. The van der Waals surface area contributed by atoms with Crippen LogP contribution in [0.3, 0.4) is 0 Å². The van der Waals surface area contributed by atoms with E-state index in [-0.39, 0.29) is 37.1 Å². The number of nitrogens with one attached hydrogen (secondary N) is 2. The third-order valence-corrected chi connectivity index (χ3v) is 8.12. The lowest BCUT2D eigenvalue weighted by atomic mass is 9.92. The van der Waals surface area contributed by atoms with Crippen molar-refractivity contribution >= 4 is 21.8 Å². The van der Waals surface area contributed by atoms with E-state index in [0.717, 1.165) is 40.4 Å². The molecule has 1 aliphatic heterocycles. The van der Waals surface area contributed by atoms with Gasteiger partial charge >= 0.3 is 0 Å². The number of aromatic nitrogens is 2. The summed E-state index contributed by atoms with van der Waals surface area (Å²) in [4.78, 5) is 25.6. The summed E-state index contributed by atoms with van der Waals surface area (Å²) in [6.07, 6.45) is 3.83. The Morgan fingerprint density at radius 3 is 2.79 bits per heavy atom. The van der Waals surface area contributed by atoms with Crippen LogP contribution >= 0.6 is 0 Å². The van der Waals surface area contributed by atoms with Gasteiger partial charge in [-0.1, -0.05) is 17.7 Å². The molecule has 0 radical (unpaired) electrons. The molecule has 3 N–H and O–H groups in total. The van der Waals surface area contributed by atoms with Gasteiger partial charge in [0.05, 0.1) is 36.7 Å². The summed E-state index contributed by atoms with van der Waals surface area (Å²) in [5.74, 6) is -0.874. The molecule has 2 atom stereocenters. The molecule has 1 aromatic carbocycles. The Morgan fingerprint density at radius 2 is 2.06 bits per heavy atom. The maximum absolute atomic E-state index is 13.2. The zero-order valence-corrected chi connectivity index (χ0v) is 19.3. The predicted molar refractivity (Wildman–Crippen MR) is 120 cm³/mol. The summed E-state index contributed by atoms with van der Waals surface area (Å²) in [6, 6.07) is 5.06. The molecular formula is C22H29N5O5S. The Hall–Kier alpha value is -2.76. The van der Waals surface area contributed by atoms with Gasteiger partial charge in [-0.2, -0.15) is 9.40 Å². The van der Waals surface area contributed by atoms with Crippen LogP contribution in [0.5, 0.6) is 0 Å². The summed E-state index contributed by atoms with van der Waals surface area (Å²) >= 11 is 0. The molecule has 2 aliphatic rings. The van der Waals surface area contributed by atoms with E-state index in [2.05, 4.69) is 15.7 Å². The van der Waals surface area contributed by atoms with Crippen LogP contribution < -0.4 is 10.6 Å². The molecule has 0 spiro atoms. The number of fused-ring (bicyclic) bond motifs is 1. The van der Waals surface area contributed by atoms with E-state index >= 15 is 0 Å². The van der Waals surface area contributed by atoms with Crippen LogP contribution in [-0.4, -0.2) is 65.2 Å². The minimum Gasteiger partial charge on any atom is -0.394 e. The SMILES string of the molecule is Cc1ccc(S(=O)(=O)N2CCNC(=O)C2CC(=O)NC2CCCc3c2cnn3CCO)cc1. The minimum absolute atomic E-state index is 0.0206. The highest BCUT2D eigenvalue weighted by atomic mass is 32.2. The van der Waals surface area contributed by atoms with Crippen molar-refractivity contribution in [2.24, 2.45) is 0 Å². The summed E-state index contributed by atoms with van der Waals surface area (Å²) in [5.41, 5.74) is 2.82. The van der Waals surface area contributed by atoms with Crippen LogP contribution in [0.1, 0.15) is 42.1 Å². The number of carbonyl (C=O) groups is 2. The highest BCUT2D eigenvalue weighted by molar-refractivity contribution is 7.89. The van der Waals surface area contributed by atoms with Crippen LogP contribution in [0.4, 0.5) is 0 Å². The van der Waals surface area contributed by atoms with E-state index < -0.39 is 27.9 Å². The fraction of sp³-hybridized carbons (Fsp3) is 0.500. The molecule has 2 heterocycles. The van der Waals surface area contributed by atoms with E-state index in [1.54, 1.807) is 23.0 Å². The number of rotatable bonds is 7. The average Bonchev–Trinajstić information content (AvgIpc) is 3.19. The zero-order chi connectivity index (χ0) is 23.6. The van der Waals surface area contributed by atoms with Crippen LogP contribution in [0.25, 0.3) is 0 Å². The van der Waals surface area contributed by atoms with Crippen LogP contribution in [-0.2, 0) is 32.6 Å². The zero-order valence-electron chi connectivity index (χ0n) is 18.5. The van der Waals surface area contributed by atoms with Gasteiger partial charge in [-0.3, -0.25) is 14.3 Å². The Kier molecular flexibility index (Phi) is 6.82. The molecule has 10 nitrogen and oxygen atoms in total. The topological polar surface area (TPSA) is 134 Å². The van der Waals surface area contributed by atoms with Crippen molar-refractivity contribution in [3.8, 4) is 0 Å². The van der Waals surface area contributed by atoms with E-state index in [9.17, 15) is 23.1 Å². The van der Waals surface area contributed by atoms with Gasteiger partial charge in [-0.05, 0) is 38.3 Å². The number of aliphatic hydroxyl groups excluding tert-OH is 1. The van der Waals surface area contributed by atoms with Crippen molar-refractivity contribution < 1.29 is 23.1 Å². The van der Waals surface area contributed by atoms with Crippen molar-refractivity contribution in [3.05, 3.63) is 47.3 Å². The Bertz CT molecular complexity index is 1130. The monoisotopic (exact) mass is 475 g/mol. The molecule has 0 saturated carbocycles. The second-order valence-electron chi connectivity index (χ2n) is 8.45. The smallest absolute Gasteiger partial charge is 0.243 e. The maximum atomic E-state index is 13.2. The number of carbonyl (C=O) groups excluding carboxylic acids is 2. The highest BCUT2D eigenvalue weighted by Gasteiger charge is 2.40. The number of piperazine rings is 1. The molecular weight excluding hydrogens is 446 g/mol. The van der Waals surface area contributed by atoms with Crippen LogP contribution in [0.2, 0.25) is 0 Å². The number of hydrogen-bond donors (Lipinski definition) is 3. The minimum atomic E-state index is -3.94. The lowest BCUT2D eigenvalue weighted by Gasteiger charge is -2.34. The Balaban J connectivity index is 1.50. The lowest BCUT2D eigenvalue weighted by Crippen LogP contribution is -2.58. The van der Waals surface area contributed by atoms with Gasteiger partial charge in [0.2, 0.25) is 21.8 Å². The van der Waals surface area contributed by atoms with Crippen molar-refractivity contribution in [2.75, 3.05) is 19.7 Å². The number of aliphatic hydroxyl groups is 1. The molecule has 1 saturated heterocycles. The van der Waals surface area contributed by atoms with Crippen molar-refractivity contribution in [1.82, 2.24) is 24.7 Å². The summed E-state index contributed by atoms with van der Waals surface area (Å²) < 4.78 is 29.3. The van der Waals surface area contributed by atoms with Gasteiger partial charge in [-0.25, -0.2) is 8.42 Å². The number of benzene rings is 1. The van der Waals surface area contributed by atoms with Gasteiger partial charge in [0.25, 0.3) is 0 Å².